The van der Waals surface area contributed by atoms with Crippen molar-refractivity contribution in [2.75, 3.05) is 12.8 Å². The van der Waals surface area contributed by atoms with Crippen molar-refractivity contribution in [3.63, 3.8) is 0 Å². The Morgan fingerprint density at radius 2 is 2.00 bits per heavy atom. The molecule has 0 fully saturated rings. The van der Waals surface area contributed by atoms with Crippen LogP contribution in [0.25, 0.3) is 0 Å². The van der Waals surface area contributed by atoms with Gasteiger partial charge in [-0.2, -0.15) is 0 Å². The van der Waals surface area contributed by atoms with Crippen molar-refractivity contribution >= 4 is 21.6 Å². The molecule has 0 aromatic heterocycles. The Labute approximate surface area is 119 Å². The molecule has 0 amide bonds. The van der Waals surface area contributed by atoms with E-state index in [0.717, 1.165) is 5.56 Å². The standard InChI is InChI=1S/C14H13BrFNO2/c1-18-12-5-9(4-11(17)7-12)8-19-14-6-10(16)2-3-13(14)15/h2-7H,8,17H2,1H3. The van der Waals surface area contributed by atoms with Crippen molar-refractivity contribution in [3.05, 3.63) is 52.3 Å². The summed E-state index contributed by atoms with van der Waals surface area (Å²) in [6.07, 6.45) is 0. The molecule has 2 aromatic carbocycles. The van der Waals surface area contributed by atoms with Gasteiger partial charge in [0.1, 0.15) is 23.9 Å². The lowest BCUT2D eigenvalue weighted by atomic mass is 10.2. The van der Waals surface area contributed by atoms with Crippen LogP contribution < -0.4 is 15.2 Å². The minimum Gasteiger partial charge on any atom is -0.497 e. The molecule has 0 radical (unpaired) electrons. The average Bonchev–Trinajstić information content (AvgIpc) is 2.39. The Kier molecular flexibility index (Phi) is 4.27. The quantitative estimate of drug-likeness (QED) is 0.870. The first-order valence-electron chi connectivity index (χ1n) is 5.60. The number of hydrogen-bond donors (Lipinski definition) is 1. The van der Waals surface area contributed by atoms with Crippen LogP contribution in [0.4, 0.5) is 10.1 Å². The van der Waals surface area contributed by atoms with Gasteiger partial charge in [-0.25, -0.2) is 4.39 Å². The zero-order chi connectivity index (χ0) is 13.8. The van der Waals surface area contributed by atoms with Crippen LogP contribution in [0.5, 0.6) is 11.5 Å². The molecule has 0 aliphatic carbocycles. The predicted octanol–water partition coefficient (Wildman–Crippen LogP) is 3.76. The second kappa shape index (κ2) is 5.93. The number of benzene rings is 2. The molecule has 100 valence electrons. The third-order valence-electron chi connectivity index (χ3n) is 2.51. The van der Waals surface area contributed by atoms with Crippen LogP contribution in [-0.4, -0.2) is 7.11 Å². The first-order chi connectivity index (χ1) is 9.08. The van der Waals surface area contributed by atoms with Crippen molar-refractivity contribution in [1.29, 1.82) is 0 Å². The summed E-state index contributed by atoms with van der Waals surface area (Å²) in [7, 11) is 1.57. The maximum Gasteiger partial charge on any atom is 0.136 e. The summed E-state index contributed by atoms with van der Waals surface area (Å²) in [6.45, 7) is 0.281. The van der Waals surface area contributed by atoms with Gasteiger partial charge in [0.25, 0.3) is 0 Å². The lowest BCUT2D eigenvalue weighted by molar-refractivity contribution is 0.301. The van der Waals surface area contributed by atoms with E-state index in [1.165, 1.54) is 12.1 Å². The molecule has 0 aliphatic rings. The van der Waals surface area contributed by atoms with Crippen LogP contribution >= 0.6 is 15.9 Å². The van der Waals surface area contributed by atoms with Gasteiger partial charge >= 0.3 is 0 Å². The Balaban J connectivity index is 2.14. The summed E-state index contributed by atoms with van der Waals surface area (Å²) in [5.41, 5.74) is 7.20. The van der Waals surface area contributed by atoms with Gasteiger partial charge in [0, 0.05) is 17.8 Å². The summed E-state index contributed by atoms with van der Waals surface area (Å²) in [4.78, 5) is 0. The van der Waals surface area contributed by atoms with Gasteiger partial charge in [-0.05, 0) is 45.8 Å². The molecule has 0 aliphatic heterocycles. The number of ether oxygens (including phenoxy) is 2. The van der Waals surface area contributed by atoms with E-state index in [-0.39, 0.29) is 12.4 Å². The summed E-state index contributed by atoms with van der Waals surface area (Å²) in [6, 6.07) is 9.62. The number of nitrogen functional groups attached to an aromatic ring is 1. The number of methoxy groups -OCH3 is 1. The summed E-state index contributed by atoms with van der Waals surface area (Å²) < 4.78 is 24.5. The van der Waals surface area contributed by atoms with Gasteiger partial charge in [-0.15, -0.1) is 0 Å². The Morgan fingerprint density at radius 3 is 2.74 bits per heavy atom. The van der Waals surface area contributed by atoms with Gasteiger partial charge in [0.15, 0.2) is 0 Å². The molecule has 2 N–H and O–H groups in total. The minimum atomic E-state index is -0.344. The molecule has 0 bridgehead atoms. The molecule has 3 nitrogen and oxygen atoms in total. The highest BCUT2D eigenvalue weighted by Gasteiger charge is 2.05. The molecular formula is C14H13BrFNO2. The maximum atomic E-state index is 13.1. The van der Waals surface area contributed by atoms with Crippen LogP contribution in [0.2, 0.25) is 0 Å². The molecule has 19 heavy (non-hydrogen) atoms. The molecule has 0 heterocycles. The second-order valence-electron chi connectivity index (χ2n) is 3.98. The van der Waals surface area contributed by atoms with Gasteiger partial charge < -0.3 is 15.2 Å². The molecule has 0 spiro atoms. The third kappa shape index (κ3) is 3.61. The van der Waals surface area contributed by atoms with Crippen LogP contribution in [0, 0.1) is 5.82 Å². The maximum absolute atomic E-state index is 13.1. The van der Waals surface area contributed by atoms with Crippen LogP contribution in [-0.2, 0) is 6.61 Å². The van der Waals surface area contributed by atoms with E-state index in [9.17, 15) is 4.39 Å². The zero-order valence-electron chi connectivity index (χ0n) is 10.3. The molecule has 0 atom stereocenters. The van der Waals surface area contributed by atoms with E-state index in [1.807, 2.05) is 6.07 Å². The smallest absolute Gasteiger partial charge is 0.136 e. The Hall–Kier alpha value is -1.75. The molecule has 0 unspecified atom stereocenters. The van der Waals surface area contributed by atoms with E-state index in [4.69, 9.17) is 15.2 Å². The topological polar surface area (TPSA) is 44.5 Å². The van der Waals surface area contributed by atoms with E-state index in [0.29, 0.717) is 21.7 Å². The van der Waals surface area contributed by atoms with Gasteiger partial charge in [-0.3, -0.25) is 0 Å². The van der Waals surface area contributed by atoms with Crippen molar-refractivity contribution in [2.24, 2.45) is 0 Å². The molecule has 0 saturated carbocycles. The van der Waals surface area contributed by atoms with Crippen molar-refractivity contribution in [2.45, 2.75) is 6.61 Å². The average molecular weight is 326 g/mol. The van der Waals surface area contributed by atoms with Gasteiger partial charge in [0.2, 0.25) is 0 Å². The van der Waals surface area contributed by atoms with Crippen LogP contribution in [0.3, 0.4) is 0 Å². The zero-order valence-corrected chi connectivity index (χ0v) is 11.9. The second-order valence-corrected chi connectivity index (χ2v) is 4.83. The van der Waals surface area contributed by atoms with E-state index >= 15 is 0 Å². The highest BCUT2D eigenvalue weighted by Crippen LogP contribution is 2.27. The summed E-state index contributed by atoms with van der Waals surface area (Å²) >= 11 is 3.31. The fraction of sp³-hybridized carbons (Fsp3) is 0.143. The molecule has 5 heteroatoms. The fourth-order valence-electron chi connectivity index (χ4n) is 1.64. The molecule has 0 saturated heterocycles. The number of rotatable bonds is 4. The van der Waals surface area contributed by atoms with Crippen LogP contribution in [0.1, 0.15) is 5.56 Å². The van der Waals surface area contributed by atoms with Gasteiger partial charge in [-0.1, -0.05) is 0 Å². The number of anilines is 1. The largest absolute Gasteiger partial charge is 0.497 e. The lowest BCUT2D eigenvalue weighted by Crippen LogP contribution is -1.99. The van der Waals surface area contributed by atoms with Crippen molar-refractivity contribution < 1.29 is 13.9 Å². The van der Waals surface area contributed by atoms with Crippen molar-refractivity contribution in [3.8, 4) is 11.5 Å². The van der Waals surface area contributed by atoms with Crippen molar-refractivity contribution in [1.82, 2.24) is 0 Å². The normalized spacial score (nSPS) is 10.3. The Bertz CT molecular complexity index is 590. The number of hydrogen-bond acceptors (Lipinski definition) is 3. The van der Waals surface area contributed by atoms with E-state index in [1.54, 1.807) is 25.3 Å². The predicted molar refractivity (Wildman–Crippen MR) is 75.8 cm³/mol. The monoisotopic (exact) mass is 325 g/mol. The highest BCUT2D eigenvalue weighted by molar-refractivity contribution is 9.10. The van der Waals surface area contributed by atoms with E-state index < -0.39 is 0 Å². The minimum absolute atomic E-state index is 0.281. The molecule has 2 aromatic rings. The number of nitrogens with two attached hydrogens (primary N) is 1. The fourth-order valence-corrected chi connectivity index (χ4v) is 2.00. The molecular weight excluding hydrogens is 313 g/mol. The number of halogens is 2. The lowest BCUT2D eigenvalue weighted by Gasteiger charge is -2.10. The van der Waals surface area contributed by atoms with Gasteiger partial charge in [0.05, 0.1) is 11.6 Å². The van der Waals surface area contributed by atoms with Crippen LogP contribution in [0.15, 0.2) is 40.9 Å². The SMILES string of the molecule is COc1cc(N)cc(COc2cc(F)ccc2Br)c1. The first-order valence-corrected chi connectivity index (χ1v) is 6.39. The molecule has 2 rings (SSSR count). The van der Waals surface area contributed by atoms with E-state index in [2.05, 4.69) is 15.9 Å². The summed E-state index contributed by atoms with van der Waals surface area (Å²) in [5, 5.41) is 0. The summed E-state index contributed by atoms with van der Waals surface area (Å²) in [5.74, 6) is 0.765. The highest BCUT2D eigenvalue weighted by atomic mass is 79.9. The Morgan fingerprint density at radius 1 is 1.21 bits per heavy atom. The first kappa shape index (κ1) is 13.7. The third-order valence-corrected chi connectivity index (χ3v) is 3.17.